The lowest BCUT2D eigenvalue weighted by molar-refractivity contribution is 0.789. The van der Waals surface area contributed by atoms with Crippen LogP contribution in [0.5, 0.6) is 0 Å². The van der Waals surface area contributed by atoms with Crippen molar-refractivity contribution in [2.24, 2.45) is 5.73 Å². The molecule has 3 nitrogen and oxygen atoms in total. The van der Waals surface area contributed by atoms with Crippen molar-refractivity contribution in [2.75, 3.05) is 0 Å². The van der Waals surface area contributed by atoms with Crippen LogP contribution in [-0.4, -0.2) is 9.97 Å². The van der Waals surface area contributed by atoms with Gasteiger partial charge in [-0.1, -0.05) is 0 Å². The van der Waals surface area contributed by atoms with E-state index in [1.807, 2.05) is 6.92 Å². The van der Waals surface area contributed by atoms with Gasteiger partial charge in [0.2, 0.25) is 0 Å². The number of aryl methyl sites for hydroxylation is 1. The molecule has 1 unspecified atom stereocenters. The van der Waals surface area contributed by atoms with E-state index in [2.05, 4.69) is 27.7 Å². The summed E-state index contributed by atoms with van der Waals surface area (Å²) in [5.41, 5.74) is 9.15. The zero-order chi connectivity index (χ0) is 10.1. The second-order valence-corrected chi connectivity index (χ2v) is 4.19. The van der Waals surface area contributed by atoms with Gasteiger partial charge >= 0.3 is 0 Å². The van der Waals surface area contributed by atoms with E-state index in [0.717, 1.165) is 11.5 Å². The van der Waals surface area contributed by atoms with Gasteiger partial charge in [0.15, 0.2) is 0 Å². The molecule has 0 fully saturated rings. The molecule has 2 aromatic rings. The summed E-state index contributed by atoms with van der Waals surface area (Å²) in [5.74, 6) is 0.913. The number of rotatable bonds is 2. The Morgan fingerprint density at radius 2 is 2.29 bits per heavy atom. The van der Waals surface area contributed by atoms with Crippen LogP contribution in [0.4, 0.5) is 0 Å². The predicted octanol–water partition coefficient (Wildman–Crippen LogP) is 2.47. The van der Waals surface area contributed by atoms with E-state index in [1.54, 1.807) is 17.5 Å². The van der Waals surface area contributed by atoms with Crippen molar-refractivity contribution in [3.05, 3.63) is 28.2 Å². The van der Waals surface area contributed by atoms with Gasteiger partial charge in [-0.3, -0.25) is 0 Å². The molecule has 1 atom stereocenters. The maximum absolute atomic E-state index is 5.75. The van der Waals surface area contributed by atoms with Gasteiger partial charge in [-0.05, 0) is 24.8 Å². The fraction of sp³-hybridized carbons (Fsp3) is 0.300. The lowest BCUT2D eigenvalue weighted by atomic mass is 10.2. The zero-order valence-electron chi connectivity index (χ0n) is 8.24. The first kappa shape index (κ1) is 9.43. The Bertz CT molecular complexity index is 428. The molecule has 0 aromatic carbocycles. The van der Waals surface area contributed by atoms with Crippen LogP contribution in [0.25, 0.3) is 11.4 Å². The first-order valence-electron chi connectivity index (χ1n) is 4.52. The van der Waals surface area contributed by atoms with Gasteiger partial charge in [0.25, 0.3) is 0 Å². The third kappa shape index (κ3) is 1.58. The molecule has 2 heterocycles. The Hall–Kier alpha value is -1.13. The number of imidazole rings is 1. The van der Waals surface area contributed by atoms with Crippen molar-refractivity contribution < 1.29 is 0 Å². The number of nitrogens with one attached hydrogen (secondary N) is 1. The summed E-state index contributed by atoms with van der Waals surface area (Å²) in [6, 6.07) is 0.00944. The van der Waals surface area contributed by atoms with Crippen molar-refractivity contribution >= 4 is 11.3 Å². The first-order valence-corrected chi connectivity index (χ1v) is 5.46. The Balaban J connectivity index is 2.39. The molecule has 0 aliphatic rings. The quantitative estimate of drug-likeness (QED) is 0.794. The summed E-state index contributed by atoms with van der Waals surface area (Å²) in [6.07, 6.45) is 1.80. The highest BCUT2D eigenvalue weighted by Crippen LogP contribution is 2.24. The van der Waals surface area contributed by atoms with E-state index in [-0.39, 0.29) is 6.04 Å². The average Bonchev–Trinajstić information content (AvgIpc) is 2.71. The monoisotopic (exact) mass is 207 g/mol. The van der Waals surface area contributed by atoms with Crippen LogP contribution in [0.2, 0.25) is 0 Å². The third-order valence-electron chi connectivity index (χ3n) is 2.20. The summed E-state index contributed by atoms with van der Waals surface area (Å²) < 4.78 is 0. The predicted molar refractivity (Wildman–Crippen MR) is 59.2 cm³/mol. The normalized spacial score (nSPS) is 13.1. The molecule has 0 saturated heterocycles. The Kier molecular flexibility index (Phi) is 2.39. The van der Waals surface area contributed by atoms with E-state index in [4.69, 9.17) is 5.73 Å². The molecule has 14 heavy (non-hydrogen) atoms. The smallest absolute Gasteiger partial charge is 0.138 e. The molecule has 0 amide bonds. The number of hydrogen-bond donors (Lipinski definition) is 2. The van der Waals surface area contributed by atoms with Crippen LogP contribution in [0.3, 0.4) is 0 Å². The first-order chi connectivity index (χ1) is 6.68. The van der Waals surface area contributed by atoms with Gasteiger partial charge in [-0.25, -0.2) is 4.98 Å². The SMILES string of the molecule is Cc1cscc1-c1ncc(C(C)N)[nH]1. The molecule has 0 aliphatic heterocycles. The number of H-pyrrole nitrogens is 1. The van der Waals surface area contributed by atoms with E-state index in [1.165, 1.54) is 11.1 Å². The molecule has 2 aromatic heterocycles. The number of thiophene rings is 1. The molecule has 0 bridgehead atoms. The molecule has 0 spiro atoms. The molecule has 0 saturated carbocycles. The van der Waals surface area contributed by atoms with Gasteiger partial charge in [-0.2, -0.15) is 11.3 Å². The fourth-order valence-electron chi connectivity index (χ4n) is 1.31. The summed E-state index contributed by atoms with van der Waals surface area (Å²) in [5, 5.41) is 4.21. The Labute approximate surface area is 87.0 Å². The van der Waals surface area contributed by atoms with Crippen molar-refractivity contribution in [3.8, 4) is 11.4 Å². The summed E-state index contributed by atoms with van der Waals surface area (Å²) in [4.78, 5) is 7.54. The number of aromatic amines is 1. The van der Waals surface area contributed by atoms with Crippen LogP contribution in [-0.2, 0) is 0 Å². The van der Waals surface area contributed by atoms with Crippen LogP contribution < -0.4 is 5.73 Å². The minimum absolute atomic E-state index is 0.00944. The highest BCUT2D eigenvalue weighted by atomic mass is 32.1. The van der Waals surface area contributed by atoms with Gasteiger partial charge in [0, 0.05) is 17.0 Å². The number of hydrogen-bond acceptors (Lipinski definition) is 3. The van der Waals surface area contributed by atoms with Crippen molar-refractivity contribution in [2.45, 2.75) is 19.9 Å². The Morgan fingerprint density at radius 1 is 1.50 bits per heavy atom. The van der Waals surface area contributed by atoms with Gasteiger partial charge < -0.3 is 10.7 Å². The highest BCUT2D eigenvalue weighted by Gasteiger charge is 2.08. The molecule has 0 aliphatic carbocycles. The number of nitrogens with zero attached hydrogens (tertiary/aromatic N) is 1. The molecular weight excluding hydrogens is 194 g/mol. The van der Waals surface area contributed by atoms with Crippen LogP contribution in [0.15, 0.2) is 17.0 Å². The highest BCUT2D eigenvalue weighted by molar-refractivity contribution is 7.08. The lowest BCUT2D eigenvalue weighted by Gasteiger charge is -1.99. The number of nitrogens with two attached hydrogens (primary N) is 1. The minimum atomic E-state index is 0.00944. The maximum Gasteiger partial charge on any atom is 0.138 e. The number of aromatic nitrogens is 2. The standard InChI is InChI=1S/C10H13N3S/c1-6-4-14-5-8(6)10-12-3-9(13-10)7(2)11/h3-5,7H,11H2,1-2H3,(H,12,13). The van der Waals surface area contributed by atoms with E-state index < -0.39 is 0 Å². The van der Waals surface area contributed by atoms with Gasteiger partial charge in [-0.15, -0.1) is 0 Å². The fourth-order valence-corrected chi connectivity index (χ4v) is 2.14. The van der Waals surface area contributed by atoms with E-state index >= 15 is 0 Å². The van der Waals surface area contributed by atoms with Crippen molar-refractivity contribution in [3.63, 3.8) is 0 Å². The minimum Gasteiger partial charge on any atom is -0.341 e. The molecular formula is C10H13N3S. The van der Waals surface area contributed by atoms with E-state index in [0.29, 0.717) is 0 Å². The van der Waals surface area contributed by atoms with Gasteiger partial charge in [0.05, 0.1) is 11.9 Å². The van der Waals surface area contributed by atoms with Crippen LogP contribution in [0, 0.1) is 6.92 Å². The largest absolute Gasteiger partial charge is 0.341 e. The maximum atomic E-state index is 5.75. The Morgan fingerprint density at radius 3 is 2.79 bits per heavy atom. The molecule has 74 valence electrons. The second kappa shape index (κ2) is 3.55. The van der Waals surface area contributed by atoms with E-state index in [9.17, 15) is 0 Å². The third-order valence-corrected chi connectivity index (χ3v) is 3.06. The second-order valence-electron chi connectivity index (χ2n) is 3.44. The summed E-state index contributed by atoms with van der Waals surface area (Å²) in [6.45, 7) is 4.03. The lowest BCUT2D eigenvalue weighted by Crippen LogP contribution is -2.04. The molecule has 4 heteroatoms. The van der Waals surface area contributed by atoms with Crippen molar-refractivity contribution in [1.82, 2.24) is 9.97 Å². The average molecular weight is 207 g/mol. The van der Waals surface area contributed by atoms with Crippen LogP contribution >= 0.6 is 11.3 Å². The van der Waals surface area contributed by atoms with Crippen LogP contribution in [0.1, 0.15) is 24.2 Å². The topological polar surface area (TPSA) is 54.7 Å². The van der Waals surface area contributed by atoms with Gasteiger partial charge in [0.1, 0.15) is 5.82 Å². The molecule has 0 radical (unpaired) electrons. The summed E-state index contributed by atoms with van der Waals surface area (Å²) >= 11 is 1.69. The molecule has 2 rings (SSSR count). The summed E-state index contributed by atoms with van der Waals surface area (Å²) in [7, 11) is 0. The zero-order valence-corrected chi connectivity index (χ0v) is 9.06. The van der Waals surface area contributed by atoms with Crippen molar-refractivity contribution in [1.29, 1.82) is 0 Å². The molecule has 3 N–H and O–H groups in total.